The molecule has 7 rings (SSSR count). The van der Waals surface area contributed by atoms with Crippen LogP contribution in [0.3, 0.4) is 0 Å². The van der Waals surface area contributed by atoms with E-state index in [4.69, 9.17) is 9.47 Å². The average molecular weight is 974 g/mol. The number of aromatic hydroxyl groups is 1. The lowest BCUT2D eigenvalue weighted by Crippen LogP contribution is -2.63. The second kappa shape index (κ2) is 22.0. The molecule has 4 amide bonds. The number of hydrogen-bond acceptors (Lipinski definition) is 11. The molecule has 1 aromatic heterocycles. The zero-order valence-electron chi connectivity index (χ0n) is 42.8. The van der Waals surface area contributed by atoms with Crippen LogP contribution in [0.25, 0.3) is 33.3 Å². The van der Waals surface area contributed by atoms with E-state index in [1.807, 2.05) is 37.2 Å². The van der Waals surface area contributed by atoms with Gasteiger partial charge in [0.1, 0.15) is 23.9 Å². The van der Waals surface area contributed by atoms with Crippen LogP contribution < -0.4 is 10.7 Å². The number of amides is 4. The summed E-state index contributed by atoms with van der Waals surface area (Å²) in [6.07, 6.45) is 2.08. The standard InChI is InChI=1S/C55H71N7O9/c1-10-61-46-20-19-38-31-42(46)43(49(61)41-16-12-11-15-37(41)21-26-70-9)32-54(4,5)34-71-52(67)44-17-13-24-62(57-44)51(66)45(29-36-27-39(38)30-40(63)28-36)56-50(65)48(35(2)3)59(8)53(68)55(69)22-25-60(33-55)47(64)18-14-23-58(6)7/h11-12,15-16,19-20,27-28,30-31,35,44-45,48,57,63,69H,10,13,17,21-26,29,32-34H2,1-9H3,(H,56,65)/t44-,45-,48-,55+/m0/s1. The van der Waals surface area contributed by atoms with E-state index < -0.39 is 64.7 Å². The minimum Gasteiger partial charge on any atom is -0.508 e. The number of aryl methyl sites for hydroxylation is 1. The molecule has 0 aliphatic carbocycles. The number of likely N-dealkylation sites (N-methyl/N-ethyl adjacent to an activating group) is 1. The number of cyclic esters (lactones) is 1. The van der Waals surface area contributed by atoms with Gasteiger partial charge in [0.05, 0.1) is 32.0 Å². The molecular formula is C55H71N7O9. The van der Waals surface area contributed by atoms with Gasteiger partial charge in [-0.15, -0.1) is 0 Å². The van der Waals surface area contributed by atoms with E-state index in [0.717, 1.165) is 45.3 Å². The normalized spacial score (nSPS) is 20.8. The fourth-order valence-corrected chi connectivity index (χ4v) is 10.3. The largest absolute Gasteiger partial charge is 0.508 e. The first kappa shape index (κ1) is 52.6. The van der Waals surface area contributed by atoms with E-state index in [0.29, 0.717) is 50.1 Å². The van der Waals surface area contributed by atoms with Gasteiger partial charge in [0.15, 0.2) is 5.60 Å². The topological polar surface area (TPSA) is 186 Å². The monoisotopic (exact) mass is 974 g/mol. The summed E-state index contributed by atoms with van der Waals surface area (Å²) < 4.78 is 14.0. The van der Waals surface area contributed by atoms with Gasteiger partial charge in [0.25, 0.3) is 17.7 Å². The summed E-state index contributed by atoms with van der Waals surface area (Å²) in [5, 5.41) is 28.4. The lowest BCUT2D eigenvalue weighted by molar-refractivity contribution is -0.156. The molecule has 16 nitrogen and oxygen atoms in total. The summed E-state index contributed by atoms with van der Waals surface area (Å²) in [4.78, 5) is 74.8. The van der Waals surface area contributed by atoms with Gasteiger partial charge in [-0.3, -0.25) is 33.9 Å². The van der Waals surface area contributed by atoms with Crippen molar-refractivity contribution in [3.8, 4) is 40.0 Å². The summed E-state index contributed by atoms with van der Waals surface area (Å²) in [6, 6.07) is 16.6. The van der Waals surface area contributed by atoms with Gasteiger partial charge in [0.2, 0.25) is 5.91 Å². The molecule has 3 aromatic carbocycles. The second-order valence-corrected chi connectivity index (χ2v) is 20.8. The first-order valence-electron chi connectivity index (χ1n) is 24.8. The molecule has 3 aliphatic rings. The molecule has 0 radical (unpaired) electrons. The molecule has 0 saturated carbocycles. The quantitative estimate of drug-likeness (QED) is 0.122. The molecule has 0 unspecified atom stereocenters. The summed E-state index contributed by atoms with van der Waals surface area (Å²) >= 11 is 0. The molecule has 380 valence electrons. The van der Waals surface area contributed by atoms with E-state index in [-0.39, 0.29) is 44.8 Å². The maximum absolute atomic E-state index is 14.8. The Labute approximate surface area is 417 Å². The van der Waals surface area contributed by atoms with E-state index in [1.165, 1.54) is 21.9 Å². The number of fused-ring (bicyclic) bond motifs is 6. The number of methoxy groups -OCH3 is 1. The fraction of sp³-hybridized carbons (Fsp3) is 0.509. The van der Waals surface area contributed by atoms with Gasteiger partial charge in [-0.2, -0.15) is 0 Å². The Bertz CT molecular complexity index is 2720. The number of esters is 1. The highest BCUT2D eigenvalue weighted by molar-refractivity contribution is 5.98. The molecule has 4 atom stereocenters. The van der Waals surface area contributed by atoms with Crippen LogP contribution >= 0.6 is 0 Å². The second-order valence-electron chi connectivity index (χ2n) is 20.8. The molecule has 2 saturated heterocycles. The van der Waals surface area contributed by atoms with Crippen LogP contribution in [0.4, 0.5) is 0 Å². The number of aliphatic hydroxyl groups is 1. The number of nitrogens with zero attached hydrogens (tertiary/aromatic N) is 5. The third-order valence-corrected chi connectivity index (χ3v) is 13.9. The lowest BCUT2D eigenvalue weighted by Gasteiger charge is -2.37. The smallest absolute Gasteiger partial charge is 0.324 e. The summed E-state index contributed by atoms with van der Waals surface area (Å²) in [6.45, 7) is 11.6. The van der Waals surface area contributed by atoms with Crippen molar-refractivity contribution >= 4 is 40.5 Å². The zero-order valence-corrected chi connectivity index (χ0v) is 42.8. The van der Waals surface area contributed by atoms with E-state index in [1.54, 1.807) is 33.1 Å². The van der Waals surface area contributed by atoms with Crippen LogP contribution in [0, 0.1) is 23.2 Å². The maximum Gasteiger partial charge on any atom is 0.324 e. The fourth-order valence-electron chi connectivity index (χ4n) is 10.3. The molecule has 4 heterocycles. The summed E-state index contributed by atoms with van der Waals surface area (Å²) in [5.74, 6) is 1.94. The van der Waals surface area contributed by atoms with Crippen LogP contribution in [0.2, 0.25) is 0 Å². The highest BCUT2D eigenvalue weighted by Crippen LogP contribution is 2.42. The van der Waals surface area contributed by atoms with Crippen LogP contribution in [-0.2, 0) is 59.3 Å². The number of carbonyl (C=O) groups is 5. The number of aromatic nitrogens is 1. The van der Waals surface area contributed by atoms with Crippen molar-refractivity contribution in [2.75, 3.05) is 67.6 Å². The number of phenolic OH excluding ortho intramolecular Hbond substituents is 1. The Balaban J connectivity index is 1.27. The predicted octanol–water partition coefficient (Wildman–Crippen LogP) is 4.55. The molecule has 0 spiro atoms. The molecule has 4 N–H and O–H groups in total. The van der Waals surface area contributed by atoms with Crippen molar-refractivity contribution in [3.63, 3.8) is 0 Å². The zero-order chi connectivity index (χ0) is 51.4. The van der Waals surface area contributed by atoms with E-state index in [2.05, 4.69) is 78.3 Å². The number of nitrogens with one attached hydrogen (secondary N) is 2. The third-order valence-electron chi connectivity index (χ3n) is 13.9. The highest BCUT2D eigenvalue weighted by Gasteiger charge is 2.48. The van der Waals surface area contributed by atoms with Crippen molar-refractivity contribution < 1.29 is 43.7 Å². The number of likely N-dealkylation sites (tertiary alicyclic amines) is 1. The van der Waals surface area contributed by atoms with Crippen molar-refractivity contribution in [1.82, 2.24) is 35.0 Å². The average Bonchev–Trinajstić information content (AvgIpc) is 3.88. The first-order chi connectivity index (χ1) is 33.7. The molecular weight excluding hydrogens is 903 g/mol. The number of β-amino-alcohol motifs (C(OH)–C–C–N with tert-alkyl or cyclic N) is 1. The first-order valence-corrected chi connectivity index (χ1v) is 24.8. The number of carbonyl (C=O) groups excluding carboxylic acids is 5. The van der Waals surface area contributed by atoms with Crippen LogP contribution in [0.1, 0.15) is 70.6 Å². The van der Waals surface area contributed by atoms with Crippen molar-refractivity contribution in [2.45, 2.75) is 103 Å². The van der Waals surface area contributed by atoms with Gasteiger partial charge >= 0.3 is 5.97 Å². The number of ether oxygens (including phenoxy) is 2. The predicted molar refractivity (Wildman–Crippen MR) is 272 cm³/mol. The highest BCUT2D eigenvalue weighted by atomic mass is 16.5. The van der Waals surface area contributed by atoms with Crippen LogP contribution in [0.15, 0.2) is 60.7 Å². The number of phenols is 1. The van der Waals surface area contributed by atoms with Gasteiger partial charge < -0.3 is 39.4 Å². The summed E-state index contributed by atoms with van der Waals surface area (Å²) in [7, 11) is 6.79. The van der Waals surface area contributed by atoms with Gasteiger partial charge in [0, 0.05) is 68.5 Å². The Morgan fingerprint density at radius 3 is 2.51 bits per heavy atom. The Morgan fingerprint density at radius 1 is 1.03 bits per heavy atom. The minimum atomic E-state index is -1.97. The third kappa shape index (κ3) is 11.8. The molecule has 6 bridgehead atoms. The molecule has 2 fully saturated rings. The van der Waals surface area contributed by atoms with E-state index >= 15 is 0 Å². The molecule has 16 heteroatoms. The Morgan fingerprint density at radius 2 is 1.79 bits per heavy atom. The Kier molecular flexibility index (Phi) is 16.3. The molecule has 4 aromatic rings. The number of hydrazine groups is 1. The van der Waals surface area contributed by atoms with Crippen molar-refractivity contribution in [1.29, 1.82) is 0 Å². The Hall–Kier alpha value is -6.25. The van der Waals surface area contributed by atoms with Gasteiger partial charge in [-0.1, -0.05) is 70.0 Å². The molecule has 3 aliphatic heterocycles. The SMILES string of the molecule is CCn1c(-c2ccccc2CCOC)c2c3cc(ccc31)-c1cc(O)cc(c1)C[C@H](NC(=O)[C@H](C(C)C)N(C)C(=O)[C@@]1(O)CCN(C(=O)C#CCN(C)C)C1)C(=O)N1CCC[C@H](N1)C(=O)OCC(C)(C)C2. The van der Waals surface area contributed by atoms with Gasteiger partial charge in [-0.25, -0.2) is 5.43 Å². The van der Waals surface area contributed by atoms with Crippen molar-refractivity contribution in [3.05, 3.63) is 77.4 Å². The summed E-state index contributed by atoms with van der Waals surface area (Å²) in [5.41, 5.74) is 8.16. The van der Waals surface area contributed by atoms with Gasteiger partial charge in [-0.05, 0) is 111 Å². The van der Waals surface area contributed by atoms with E-state index in [9.17, 15) is 34.2 Å². The minimum absolute atomic E-state index is 0.0323. The molecule has 71 heavy (non-hydrogen) atoms. The lowest BCUT2D eigenvalue weighted by atomic mass is 9.83. The van der Waals surface area contributed by atoms with Crippen LogP contribution in [0.5, 0.6) is 5.75 Å². The number of hydrogen-bond donors (Lipinski definition) is 4. The number of rotatable bonds is 11. The number of benzene rings is 3. The van der Waals surface area contributed by atoms with Crippen LogP contribution in [-0.4, -0.2) is 155 Å². The maximum atomic E-state index is 14.8. The van der Waals surface area contributed by atoms with Crippen molar-refractivity contribution in [2.24, 2.45) is 11.3 Å².